The molecule has 0 heterocycles. The molecule has 3 rings (SSSR count). The molecule has 7 heteroatoms. The van der Waals surface area contributed by atoms with Crippen molar-refractivity contribution in [2.75, 3.05) is 17.1 Å². The third kappa shape index (κ3) is 5.66. The minimum absolute atomic E-state index is 0.352. The first-order chi connectivity index (χ1) is 14.7. The van der Waals surface area contributed by atoms with Crippen LogP contribution in [0.5, 0.6) is 0 Å². The van der Waals surface area contributed by atoms with Gasteiger partial charge in [-0.3, -0.25) is 9.10 Å². The lowest BCUT2D eigenvalue weighted by molar-refractivity contribution is -0.120. The number of aryl methyl sites for hydroxylation is 2. The van der Waals surface area contributed by atoms with E-state index in [2.05, 4.69) is 5.32 Å². The van der Waals surface area contributed by atoms with Gasteiger partial charge in [-0.15, -0.1) is 0 Å². The van der Waals surface area contributed by atoms with Gasteiger partial charge in [0.2, 0.25) is 15.9 Å². The molecular weight excluding hydrogens is 432 g/mol. The minimum Gasteiger partial charge on any atom is -0.344 e. The molecule has 0 bridgehead atoms. The van der Waals surface area contributed by atoms with Crippen LogP contribution in [0.3, 0.4) is 0 Å². The van der Waals surface area contributed by atoms with Gasteiger partial charge in [0.15, 0.2) is 0 Å². The fourth-order valence-electron chi connectivity index (χ4n) is 3.47. The molecule has 5 nitrogen and oxygen atoms in total. The van der Waals surface area contributed by atoms with E-state index in [1.54, 1.807) is 25.1 Å². The molecule has 1 amide bonds. The van der Waals surface area contributed by atoms with Crippen LogP contribution in [0.1, 0.15) is 28.3 Å². The maximum Gasteiger partial charge on any atom is 0.241 e. The molecule has 0 fully saturated rings. The number of hydrogen-bond donors (Lipinski definition) is 1. The van der Waals surface area contributed by atoms with E-state index in [1.807, 2.05) is 61.5 Å². The van der Waals surface area contributed by atoms with E-state index in [-0.39, 0.29) is 6.54 Å². The molecule has 0 aliphatic rings. The lowest BCUT2D eigenvalue weighted by Crippen LogP contribution is -2.42. The summed E-state index contributed by atoms with van der Waals surface area (Å²) in [6, 6.07) is 22.0. The highest BCUT2D eigenvalue weighted by atomic mass is 35.5. The highest BCUT2D eigenvalue weighted by Crippen LogP contribution is 2.27. The van der Waals surface area contributed by atoms with Crippen molar-refractivity contribution >= 4 is 33.2 Å². The number of halogens is 1. The van der Waals surface area contributed by atoms with Gasteiger partial charge in [0.25, 0.3) is 0 Å². The van der Waals surface area contributed by atoms with Crippen molar-refractivity contribution in [3.63, 3.8) is 0 Å². The molecular formula is C24H25ClN2O3S. The smallest absolute Gasteiger partial charge is 0.241 e. The Balaban J connectivity index is 1.94. The molecule has 0 saturated heterocycles. The van der Waals surface area contributed by atoms with Crippen LogP contribution in [-0.2, 0) is 14.8 Å². The summed E-state index contributed by atoms with van der Waals surface area (Å²) in [7, 11) is -3.71. The molecule has 3 aromatic rings. The molecule has 0 spiro atoms. The van der Waals surface area contributed by atoms with Gasteiger partial charge in [-0.05, 0) is 48.2 Å². The molecule has 0 aliphatic heterocycles. The Morgan fingerprint density at radius 3 is 2.26 bits per heavy atom. The summed E-state index contributed by atoms with van der Waals surface area (Å²) < 4.78 is 26.1. The Morgan fingerprint density at radius 1 is 0.968 bits per heavy atom. The number of carbonyl (C=O) groups excluding carboxylic acids is 1. The monoisotopic (exact) mass is 456 g/mol. The number of hydrogen-bond acceptors (Lipinski definition) is 3. The van der Waals surface area contributed by atoms with Gasteiger partial charge in [-0.2, -0.15) is 0 Å². The summed E-state index contributed by atoms with van der Waals surface area (Å²) in [5, 5.41) is 3.42. The van der Waals surface area contributed by atoms with Crippen molar-refractivity contribution in [3.05, 3.63) is 100 Å². The quantitative estimate of drug-likeness (QED) is 0.563. The van der Waals surface area contributed by atoms with Crippen LogP contribution >= 0.6 is 11.6 Å². The Labute approximate surface area is 188 Å². The maximum absolute atomic E-state index is 13.1. The lowest BCUT2D eigenvalue weighted by Gasteiger charge is -2.26. The standard InChI is InChI=1S/C24H25ClN2O3S/c1-17-9-7-8-12-21(17)24(19-10-5-4-6-11-19)26-23(28)16-27(31(3,29)30)22-15-20(25)14-13-18(22)2/h4-15,24H,16H2,1-3H3,(H,26,28). The minimum atomic E-state index is -3.71. The van der Waals surface area contributed by atoms with E-state index >= 15 is 0 Å². The van der Waals surface area contributed by atoms with Crippen molar-refractivity contribution in [1.29, 1.82) is 0 Å². The van der Waals surface area contributed by atoms with Gasteiger partial charge in [0.1, 0.15) is 6.54 Å². The predicted molar refractivity (Wildman–Crippen MR) is 126 cm³/mol. The van der Waals surface area contributed by atoms with Crippen LogP contribution in [0.25, 0.3) is 0 Å². The predicted octanol–water partition coefficient (Wildman–Crippen LogP) is 4.63. The fourth-order valence-corrected chi connectivity index (χ4v) is 4.54. The molecule has 0 saturated carbocycles. The molecule has 3 aromatic carbocycles. The second-order valence-electron chi connectivity index (χ2n) is 7.47. The van der Waals surface area contributed by atoms with Crippen LogP contribution in [0.15, 0.2) is 72.8 Å². The van der Waals surface area contributed by atoms with Crippen molar-refractivity contribution in [1.82, 2.24) is 5.32 Å². The summed E-state index contributed by atoms with van der Waals surface area (Å²) in [4.78, 5) is 13.1. The van der Waals surface area contributed by atoms with Crippen molar-refractivity contribution in [2.24, 2.45) is 0 Å². The van der Waals surface area contributed by atoms with E-state index in [0.717, 1.165) is 27.3 Å². The SMILES string of the molecule is Cc1ccccc1C(NC(=O)CN(c1cc(Cl)ccc1C)S(C)(=O)=O)c1ccccc1. The number of carbonyl (C=O) groups is 1. The average Bonchev–Trinajstić information content (AvgIpc) is 2.73. The molecule has 0 aromatic heterocycles. The number of nitrogens with zero attached hydrogens (tertiary/aromatic N) is 1. The summed E-state index contributed by atoms with van der Waals surface area (Å²) in [6.07, 6.45) is 1.08. The lowest BCUT2D eigenvalue weighted by atomic mass is 9.95. The summed E-state index contributed by atoms with van der Waals surface area (Å²) in [5.41, 5.74) is 3.99. The van der Waals surface area contributed by atoms with Gasteiger partial charge in [-0.1, -0.05) is 72.3 Å². The number of anilines is 1. The summed E-state index contributed by atoms with van der Waals surface area (Å²) in [5.74, 6) is -0.415. The van der Waals surface area contributed by atoms with Gasteiger partial charge < -0.3 is 5.32 Å². The van der Waals surface area contributed by atoms with Gasteiger partial charge in [0.05, 0.1) is 18.0 Å². The van der Waals surface area contributed by atoms with Gasteiger partial charge >= 0.3 is 0 Å². The number of sulfonamides is 1. The highest BCUT2D eigenvalue weighted by molar-refractivity contribution is 7.92. The fraction of sp³-hybridized carbons (Fsp3) is 0.208. The zero-order chi connectivity index (χ0) is 22.6. The Hall–Kier alpha value is -2.83. The first-order valence-electron chi connectivity index (χ1n) is 9.80. The Bertz CT molecular complexity index is 1180. The van der Waals surface area contributed by atoms with Crippen molar-refractivity contribution in [3.8, 4) is 0 Å². The van der Waals surface area contributed by atoms with Crippen LogP contribution in [-0.4, -0.2) is 27.1 Å². The van der Waals surface area contributed by atoms with E-state index in [0.29, 0.717) is 16.3 Å². The second kappa shape index (κ2) is 9.54. The third-order valence-electron chi connectivity index (χ3n) is 5.07. The Morgan fingerprint density at radius 2 is 1.61 bits per heavy atom. The van der Waals surface area contributed by atoms with Crippen LogP contribution in [0.4, 0.5) is 5.69 Å². The molecule has 162 valence electrons. The first-order valence-corrected chi connectivity index (χ1v) is 12.0. The van der Waals surface area contributed by atoms with Crippen LogP contribution in [0.2, 0.25) is 5.02 Å². The van der Waals surface area contributed by atoms with Crippen LogP contribution in [0, 0.1) is 13.8 Å². The van der Waals surface area contributed by atoms with Gasteiger partial charge in [0, 0.05) is 5.02 Å². The third-order valence-corrected chi connectivity index (χ3v) is 6.43. The van der Waals surface area contributed by atoms with Crippen molar-refractivity contribution in [2.45, 2.75) is 19.9 Å². The zero-order valence-electron chi connectivity index (χ0n) is 17.7. The number of nitrogens with one attached hydrogen (secondary N) is 1. The molecule has 31 heavy (non-hydrogen) atoms. The summed E-state index contributed by atoms with van der Waals surface area (Å²) in [6.45, 7) is 3.41. The van der Waals surface area contributed by atoms with E-state index < -0.39 is 22.0 Å². The molecule has 0 radical (unpaired) electrons. The van der Waals surface area contributed by atoms with E-state index in [1.165, 1.54) is 0 Å². The number of amides is 1. The largest absolute Gasteiger partial charge is 0.344 e. The molecule has 1 unspecified atom stereocenters. The molecule has 1 atom stereocenters. The Kier molecular flexibility index (Phi) is 7.03. The normalized spacial score (nSPS) is 12.3. The highest BCUT2D eigenvalue weighted by Gasteiger charge is 2.25. The van der Waals surface area contributed by atoms with Gasteiger partial charge in [-0.25, -0.2) is 8.42 Å². The molecule has 0 aliphatic carbocycles. The van der Waals surface area contributed by atoms with Crippen molar-refractivity contribution < 1.29 is 13.2 Å². The first kappa shape index (κ1) is 22.8. The maximum atomic E-state index is 13.1. The molecule has 1 N–H and O–H groups in total. The van der Waals surface area contributed by atoms with Crippen LogP contribution < -0.4 is 9.62 Å². The number of rotatable bonds is 7. The second-order valence-corrected chi connectivity index (χ2v) is 9.81. The van der Waals surface area contributed by atoms with E-state index in [9.17, 15) is 13.2 Å². The topological polar surface area (TPSA) is 66.5 Å². The summed E-state index contributed by atoms with van der Waals surface area (Å²) >= 11 is 6.09. The van der Waals surface area contributed by atoms with E-state index in [4.69, 9.17) is 11.6 Å². The zero-order valence-corrected chi connectivity index (χ0v) is 19.2. The average molecular weight is 457 g/mol. The number of benzene rings is 3.